The standard InChI is InChI=1S/C20H16O8S/c1-20(2)7-6-13-16(27-20)10-15(21)18-14(9-17(22)26-19(13)18)11-4-3-5-12(8-11)28-29(23,24)25/h3-10,21H,1-2H3,(H,23,24,25). The minimum Gasteiger partial charge on any atom is -0.507 e. The van der Waals surface area contributed by atoms with E-state index in [0.717, 1.165) is 0 Å². The predicted octanol–water partition coefficient (Wildman–Crippen LogP) is 3.53. The zero-order valence-electron chi connectivity index (χ0n) is 15.4. The van der Waals surface area contributed by atoms with Crippen LogP contribution in [0.5, 0.6) is 17.2 Å². The highest BCUT2D eigenvalue weighted by atomic mass is 32.3. The largest absolute Gasteiger partial charge is 0.507 e. The summed E-state index contributed by atoms with van der Waals surface area (Å²) in [6, 6.07) is 8.33. The molecule has 1 aliphatic rings. The molecule has 1 aromatic heterocycles. The first-order chi connectivity index (χ1) is 13.5. The third-order valence-corrected chi connectivity index (χ3v) is 4.77. The molecule has 0 saturated heterocycles. The van der Waals surface area contributed by atoms with Crippen molar-refractivity contribution in [1.82, 2.24) is 0 Å². The van der Waals surface area contributed by atoms with Gasteiger partial charge in [0.15, 0.2) is 5.58 Å². The number of fused-ring (bicyclic) bond motifs is 3. The normalized spacial score (nSPS) is 15.0. The van der Waals surface area contributed by atoms with E-state index < -0.39 is 21.6 Å². The summed E-state index contributed by atoms with van der Waals surface area (Å²) < 4.78 is 46.6. The van der Waals surface area contributed by atoms with Crippen molar-refractivity contribution in [1.29, 1.82) is 0 Å². The van der Waals surface area contributed by atoms with Crippen molar-refractivity contribution in [3.63, 3.8) is 0 Å². The van der Waals surface area contributed by atoms with Gasteiger partial charge in [0, 0.05) is 17.7 Å². The molecule has 2 heterocycles. The van der Waals surface area contributed by atoms with Crippen LogP contribution in [0, 0.1) is 0 Å². The number of hydrogen-bond acceptors (Lipinski definition) is 7. The first-order valence-corrected chi connectivity index (χ1v) is 9.88. The topological polar surface area (TPSA) is 123 Å². The second-order valence-corrected chi connectivity index (χ2v) is 8.09. The number of aromatic hydroxyl groups is 1. The Bertz CT molecular complexity index is 1330. The average molecular weight is 416 g/mol. The van der Waals surface area contributed by atoms with Gasteiger partial charge in [-0.2, -0.15) is 8.42 Å². The Kier molecular flexibility index (Phi) is 4.18. The van der Waals surface area contributed by atoms with Gasteiger partial charge in [-0.05, 0) is 43.7 Å². The highest BCUT2D eigenvalue weighted by molar-refractivity contribution is 7.81. The Labute approximate surface area is 165 Å². The van der Waals surface area contributed by atoms with Gasteiger partial charge in [-0.3, -0.25) is 4.55 Å². The molecule has 0 amide bonds. The van der Waals surface area contributed by atoms with E-state index in [-0.39, 0.29) is 22.5 Å². The molecule has 0 spiro atoms. The van der Waals surface area contributed by atoms with E-state index in [9.17, 15) is 18.3 Å². The van der Waals surface area contributed by atoms with Crippen LogP contribution in [0.1, 0.15) is 19.4 Å². The van der Waals surface area contributed by atoms with Crippen molar-refractivity contribution in [2.45, 2.75) is 19.4 Å². The van der Waals surface area contributed by atoms with Crippen LogP contribution in [0.15, 0.2) is 51.7 Å². The van der Waals surface area contributed by atoms with Crippen molar-refractivity contribution in [3.05, 3.63) is 58.5 Å². The van der Waals surface area contributed by atoms with Crippen LogP contribution in [-0.4, -0.2) is 23.7 Å². The fourth-order valence-electron chi connectivity index (χ4n) is 3.23. The van der Waals surface area contributed by atoms with Crippen LogP contribution in [-0.2, 0) is 10.4 Å². The third kappa shape index (κ3) is 3.69. The van der Waals surface area contributed by atoms with Gasteiger partial charge in [0.1, 0.15) is 22.8 Å². The Balaban J connectivity index is 1.98. The summed E-state index contributed by atoms with van der Waals surface area (Å²) in [5, 5.41) is 10.9. The molecule has 8 nitrogen and oxygen atoms in total. The van der Waals surface area contributed by atoms with Gasteiger partial charge in [0.25, 0.3) is 0 Å². The lowest BCUT2D eigenvalue weighted by Gasteiger charge is -2.28. The molecule has 4 rings (SSSR count). The van der Waals surface area contributed by atoms with Gasteiger partial charge in [-0.25, -0.2) is 4.79 Å². The van der Waals surface area contributed by atoms with Crippen LogP contribution in [0.4, 0.5) is 0 Å². The predicted molar refractivity (Wildman–Crippen MR) is 106 cm³/mol. The van der Waals surface area contributed by atoms with Crippen LogP contribution in [0.25, 0.3) is 28.2 Å². The highest BCUT2D eigenvalue weighted by Crippen LogP contribution is 2.43. The second-order valence-electron chi connectivity index (χ2n) is 7.07. The minimum absolute atomic E-state index is 0.135. The molecule has 0 unspecified atom stereocenters. The number of rotatable bonds is 3. The van der Waals surface area contributed by atoms with Crippen LogP contribution < -0.4 is 14.5 Å². The molecule has 0 aliphatic carbocycles. The van der Waals surface area contributed by atoms with Crippen molar-refractivity contribution >= 4 is 27.4 Å². The fraction of sp³-hybridized carbons (Fsp3) is 0.150. The molecular formula is C20H16O8S. The molecule has 1 aliphatic heterocycles. The lowest BCUT2D eigenvalue weighted by atomic mass is 9.96. The molecule has 0 fully saturated rings. The van der Waals surface area contributed by atoms with Crippen molar-refractivity contribution in [3.8, 4) is 28.4 Å². The molecule has 0 saturated carbocycles. The van der Waals surface area contributed by atoms with Crippen LogP contribution in [0.3, 0.4) is 0 Å². The summed E-state index contributed by atoms with van der Waals surface area (Å²) >= 11 is 0. The van der Waals surface area contributed by atoms with Gasteiger partial charge >= 0.3 is 16.0 Å². The van der Waals surface area contributed by atoms with Crippen molar-refractivity contribution < 1.29 is 31.4 Å². The maximum atomic E-state index is 12.2. The second kappa shape index (κ2) is 6.36. The minimum atomic E-state index is -4.71. The summed E-state index contributed by atoms with van der Waals surface area (Å²) in [5.74, 6) is 0.0322. The average Bonchev–Trinajstić information content (AvgIpc) is 2.58. The molecule has 3 aromatic rings. The number of hydrogen-bond donors (Lipinski definition) is 2. The first kappa shape index (κ1) is 19.0. The lowest BCUT2D eigenvalue weighted by molar-refractivity contribution is 0.158. The van der Waals surface area contributed by atoms with E-state index in [2.05, 4.69) is 4.18 Å². The van der Waals surface area contributed by atoms with Crippen LogP contribution in [0.2, 0.25) is 0 Å². The maximum absolute atomic E-state index is 12.2. The molecule has 29 heavy (non-hydrogen) atoms. The molecule has 150 valence electrons. The van der Waals surface area contributed by atoms with E-state index in [1.165, 1.54) is 30.3 Å². The summed E-state index contributed by atoms with van der Waals surface area (Å²) in [6.07, 6.45) is 3.56. The zero-order chi connectivity index (χ0) is 21.0. The smallest absolute Gasteiger partial charge is 0.446 e. The molecule has 2 N–H and O–H groups in total. The van der Waals surface area contributed by atoms with Crippen molar-refractivity contribution in [2.75, 3.05) is 0 Å². The van der Waals surface area contributed by atoms with E-state index >= 15 is 0 Å². The SMILES string of the molecule is CC1(C)C=Cc2c(cc(O)c3c(-c4cccc(OS(=O)(=O)O)c4)cc(=O)oc23)O1. The van der Waals surface area contributed by atoms with E-state index in [0.29, 0.717) is 22.4 Å². The Morgan fingerprint density at radius 3 is 2.62 bits per heavy atom. The first-order valence-electron chi connectivity index (χ1n) is 8.52. The summed E-state index contributed by atoms with van der Waals surface area (Å²) in [6.45, 7) is 3.70. The highest BCUT2D eigenvalue weighted by Gasteiger charge is 2.26. The number of ether oxygens (including phenoxy) is 1. The van der Waals surface area contributed by atoms with Gasteiger partial charge in [-0.1, -0.05) is 12.1 Å². The number of benzene rings is 2. The molecule has 0 radical (unpaired) electrons. The monoisotopic (exact) mass is 416 g/mol. The van der Waals surface area contributed by atoms with Gasteiger partial charge in [0.05, 0.1) is 10.9 Å². The van der Waals surface area contributed by atoms with Gasteiger partial charge < -0.3 is 18.4 Å². The lowest BCUT2D eigenvalue weighted by Crippen LogP contribution is -2.27. The number of phenolic OH excluding ortho intramolecular Hbond substituents is 1. The summed E-state index contributed by atoms with van der Waals surface area (Å²) in [5.41, 5.74) is 0.0549. The van der Waals surface area contributed by atoms with Gasteiger partial charge in [0.2, 0.25) is 0 Å². The molecular weight excluding hydrogens is 400 g/mol. The van der Waals surface area contributed by atoms with E-state index in [4.69, 9.17) is 13.7 Å². The Hall–Kier alpha value is -3.30. The summed E-state index contributed by atoms with van der Waals surface area (Å²) in [4.78, 5) is 12.2. The quantitative estimate of drug-likeness (QED) is 0.491. The molecule has 9 heteroatoms. The maximum Gasteiger partial charge on any atom is 0.446 e. The van der Waals surface area contributed by atoms with E-state index in [1.54, 1.807) is 18.2 Å². The Morgan fingerprint density at radius 2 is 1.90 bits per heavy atom. The van der Waals surface area contributed by atoms with Crippen LogP contribution >= 0.6 is 0 Å². The molecule has 2 aromatic carbocycles. The number of phenols is 1. The summed E-state index contributed by atoms with van der Waals surface area (Å²) in [7, 11) is -4.71. The molecule has 0 atom stereocenters. The molecule has 0 bridgehead atoms. The van der Waals surface area contributed by atoms with E-state index in [1.807, 2.05) is 13.8 Å². The Morgan fingerprint density at radius 1 is 1.14 bits per heavy atom. The van der Waals surface area contributed by atoms with Gasteiger partial charge in [-0.15, -0.1) is 0 Å². The zero-order valence-corrected chi connectivity index (χ0v) is 16.2. The van der Waals surface area contributed by atoms with Crippen molar-refractivity contribution in [2.24, 2.45) is 0 Å². The fourth-order valence-corrected chi connectivity index (χ4v) is 3.58. The third-order valence-electron chi connectivity index (χ3n) is 4.37.